The quantitative estimate of drug-likeness (QED) is 0.159. The summed E-state index contributed by atoms with van der Waals surface area (Å²) >= 11 is 0. The second-order valence-corrected chi connectivity index (χ2v) is 17.8. The van der Waals surface area contributed by atoms with Crippen LogP contribution in [0, 0.1) is 0 Å². The standard InChI is InChI=1S/C35H65NO15S3/c1-2-3-22-29-23-17-13-9-8-11-15-19-26-32(50-53(42,43)44)34(51-54(45,46)47)31(49-52(39,40)41)25-18-14-10-6-4-5-7-12-16-20-27-33(37)36-28-21-24-30(36)35(38)48-29/h29-32,34H,2-28H2,1H3,(H,39,40,41)(H,42,43,44)(H,45,46,47)/t29?,30-,31?,32?,34?/m0/s1. The summed E-state index contributed by atoms with van der Waals surface area (Å²) in [6, 6.07) is -0.513. The summed E-state index contributed by atoms with van der Waals surface area (Å²) < 4.78 is 119. The van der Waals surface area contributed by atoms with Gasteiger partial charge >= 0.3 is 37.2 Å². The molecule has 2 aliphatic rings. The Morgan fingerprint density at radius 3 is 1.46 bits per heavy atom. The van der Waals surface area contributed by atoms with E-state index in [0.29, 0.717) is 45.1 Å². The third-order valence-electron chi connectivity index (χ3n) is 10.1. The fourth-order valence-corrected chi connectivity index (χ4v) is 8.94. The minimum absolute atomic E-state index is 0.0146. The molecular weight excluding hydrogens is 771 g/mol. The summed E-state index contributed by atoms with van der Waals surface area (Å²) in [5, 5.41) is 0. The summed E-state index contributed by atoms with van der Waals surface area (Å²) in [5.41, 5.74) is 0. The van der Waals surface area contributed by atoms with E-state index in [2.05, 4.69) is 6.92 Å². The zero-order valence-corrected chi connectivity index (χ0v) is 34.3. The number of ether oxygens (including phenoxy) is 1. The van der Waals surface area contributed by atoms with E-state index in [1.165, 1.54) is 0 Å². The molecule has 54 heavy (non-hydrogen) atoms. The molecule has 2 fully saturated rings. The average Bonchev–Trinajstić information content (AvgIpc) is 3.57. The van der Waals surface area contributed by atoms with Crippen LogP contribution in [0.5, 0.6) is 0 Å². The number of hydrogen-bond donors (Lipinski definition) is 3. The molecule has 4 unspecified atom stereocenters. The van der Waals surface area contributed by atoms with Gasteiger partial charge in [-0.3, -0.25) is 18.5 Å². The van der Waals surface area contributed by atoms with Crippen molar-refractivity contribution in [3.63, 3.8) is 0 Å². The van der Waals surface area contributed by atoms with Crippen molar-refractivity contribution in [1.82, 2.24) is 4.90 Å². The molecule has 19 heteroatoms. The average molecular weight is 836 g/mol. The van der Waals surface area contributed by atoms with Crippen molar-refractivity contribution in [3.8, 4) is 0 Å². The monoisotopic (exact) mass is 835 g/mol. The predicted octanol–water partition coefficient (Wildman–Crippen LogP) is 6.85. The molecule has 0 spiro atoms. The topological polar surface area (TPSA) is 237 Å². The van der Waals surface area contributed by atoms with Gasteiger partial charge in [-0.2, -0.15) is 25.3 Å². The summed E-state index contributed by atoms with van der Waals surface area (Å²) in [6.45, 7) is 2.66. The Labute approximate surface area is 323 Å². The Morgan fingerprint density at radius 1 is 0.593 bits per heavy atom. The highest BCUT2D eigenvalue weighted by molar-refractivity contribution is 7.81. The Bertz CT molecular complexity index is 1410. The Hall–Kier alpha value is -1.45. The van der Waals surface area contributed by atoms with Gasteiger partial charge in [0.25, 0.3) is 0 Å². The van der Waals surface area contributed by atoms with Crippen LogP contribution in [-0.2, 0) is 58.1 Å². The van der Waals surface area contributed by atoms with E-state index in [1.807, 2.05) is 0 Å². The number of carbonyl (C=O) groups is 2. The second kappa shape index (κ2) is 25.7. The van der Waals surface area contributed by atoms with Gasteiger partial charge in [0.2, 0.25) is 5.91 Å². The maximum atomic E-state index is 13.3. The predicted molar refractivity (Wildman–Crippen MR) is 200 cm³/mol. The van der Waals surface area contributed by atoms with Crippen LogP contribution in [0.2, 0.25) is 0 Å². The highest BCUT2D eigenvalue weighted by atomic mass is 32.3. The third kappa shape index (κ3) is 22.3. The van der Waals surface area contributed by atoms with Crippen molar-refractivity contribution in [1.29, 1.82) is 0 Å². The molecule has 0 radical (unpaired) electrons. The van der Waals surface area contributed by atoms with Crippen LogP contribution in [0.1, 0.15) is 174 Å². The minimum Gasteiger partial charge on any atom is -0.461 e. The van der Waals surface area contributed by atoms with E-state index >= 15 is 0 Å². The van der Waals surface area contributed by atoms with E-state index in [9.17, 15) is 48.5 Å². The van der Waals surface area contributed by atoms with Gasteiger partial charge in [-0.25, -0.2) is 17.3 Å². The molecule has 318 valence electrons. The van der Waals surface area contributed by atoms with Crippen LogP contribution in [-0.4, -0.2) is 92.7 Å². The molecule has 2 saturated heterocycles. The molecule has 3 N–H and O–H groups in total. The lowest BCUT2D eigenvalue weighted by atomic mass is 9.97. The molecule has 0 aromatic rings. The van der Waals surface area contributed by atoms with Crippen LogP contribution in [0.3, 0.4) is 0 Å². The van der Waals surface area contributed by atoms with Crippen molar-refractivity contribution in [2.24, 2.45) is 0 Å². The fraction of sp³-hybridized carbons (Fsp3) is 0.943. The van der Waals surface area contributed by atoms with Gasteiger partial charge in [-0.1, -0.05) is 116 Å². The van der Waals surface area contributed by atoms with E-state index in [1.54, 1.807) is 4.90 Å². The van der Waals surface area contributed by atoms with Gasteiger partial charge in [0.15, 0.2) is 0 Å². The summed E-state index contributed by atoms with van der Waals surface area (Å²) in [4.78, 5) is 28.0. The van der Waals surface area contributed by atoms with Crippen LogP contribution >= 0.6 is 0 Å². The fourth-order valence-electron chi connectivity index (χ4n) is 7.38. The molecule has 2 heterocycles. The molecule has 5 atom stereocenters. The van der Waals surface area contributed by atoms with Crippen LogP contribution in [0.25, 0.3) is 0 Å². The van der Waals surface area contributed by atoms with Crippen LogP contribution in [0.4, 0.5) is 0 Å². The molecule has 0 saturated carbocycles. The number of carbonyl (C=O) groups excluding carboxylic acids is 2. The van der Waals surface area contributed by atoms with Gasteiger partial charge < -0.3 is 9.64 Å². The summed E-state index contributed by atoms with van der Waals surface area (Å²) in [5.74, 6) is -0.293. The largest absolute Gasteiger partial charge is 0.461 e. The van der Waals surface area contributed by atoms with Crippen molar-refractivity contribution < 1.29 is 65.8 Å². The number of esters is 1. The Morgan fingerprint density at radius 2 is 1.02 bits per heavy atom. The smallest absolute Gasteiger partial charge is 0.397 e. The molecule has 1 amide bonds. The van der Waals surface area contributed by atoms with Crippen molar-refractivity contribution in [2.75, 3.05) is 6.54 Å². The van der Waals surface area contributed by atoms with Gasteiger partial charge in [-0.05, 0) is 51.4 Å². The lowest BCUT2D eigenvalue weighted by molar-refractivity contribution is -0.158. The first-order valence-corrected chi connectivity index (χ1v) is 24.1. The molecule has 16 nitrogen and oxygen atoms in total. The van der Waals surface area contributed by atoms with Crippen molar-refractivity contribution >= 4 is 43.1 Å². The first-order chi connectivity index (χ1) is 25.5. The van der Waals surface area contributed by atoms with Gasteiger partial charge in [0.05, 0.1) is 0 Å². The Kier molecular flexibility index (Phi) is 23.2. The lowest BCUT2D eigenvalue weighted by Gasteiger charge is -2.30. The molecule has 0 aromatic heterocycles. The molecule has 0 bridgehead atoms. The van der Waals surface area contributed by atoms with Gasteiger partial charge in [0, 0.05) is 13.0 Å². The molecule has 2 aliphatic heterocycles. The lowest BCUT2D eigenvalue weighted by Crippen LogP contribution is -2.45. The normalized spacial score (nSPS) is 27.5. The second-order valence-electron chi connectivity index (χ2n) is 14.7. The van der Waals surface area contributed by atoms with E-state index in [0.717, 1.165) is 103 Å². The third-order valence-corrected chi connectivity index (χ3v) is 11.6. The summed E-state index contributed by atoms with van der Waals surface area (Å²) in [6.07, 6.45) is 11.7. The molecular formula is C35H65NO15S3. The van der Waals surface area contributed by atoms with Crippen LogP contribution < -0.4 is 0 Å². The van der Waals surface area contributed by atoms with Crippen molar-refractivity contribution in [3.05, 3.63) is 0 Å². The molecule has 2 rings (SSSR count). The maximum Gasteiger partial charge on any atom is 0.397 e. The number of unbranched alkanes of at least 4 members (excludes halogenated alkanes) is 1. The minimum atomic E-state index is -5.31. The van der Waals surface area contributed by atoms with Gasteiger partial charge in [0.1, 0.15) is 30.5 Å². The Balaban J connectivity index is 2.14. The van der Waals surface area contributed by atoms with Crippen molar-refractivity contribution in [2.45, 2.75) is 204 Å². The number of fused-ring (bicyclic) bond motifs is 1. The first-order valence-electron chi connectivity index (χ1n) is 20.0. The summed E-state index contributed by atoms with van der Waals surface area (Å²) in [7, 11) is -15.7. The van der Waals surface area contributed by atoms with E-state index in [-0.39, 0.29) is 43.7 Å². The van der Waals surface area contributed by atoms with Crippen LogP contribution in [0.15, 0.2) is 0 Å². The van der Waals surface area contributed by atoms with E-state index in [4.69, 9.17) is 17.3 Å². The van der Waals surface area contributed by atoms with E-state index < -0.39 is 55.6 Å². The highest BCUT2D eigenvalue weighted by Gasteiger charge is 2.40. The number of hydrogen-bond acceptors (Lipinski definition) is 12. The number of nitrogens with zero attached hydrogens (tertiary/aromatic N) is 1. The SMILES string of the molecule is CCCCC1CCCCCCCCCC(OS(=O)(=O)O)C(OS(=O)(=O)O)C(OS(=O)(=O)O)CCCCCCCCCCCCC(=O)N2CCC[C@H]2C(=O)O1. The number of rotatable bonds is 9. The zero-order chi connectivity index (χ0) is 40.0. The highest BCUT2D eigenvalue weighted by Crippen LogP contribution is 2.27. The maximum absolute atomic E-state index is 13.3. The molecule has 0 aromatic carbocycles. The zero-order valence-electron chi connectivity index (χ0n) is 31.9. The van der Waals surface area contributed by atoms with Gasteiger partial charge in [-0.15, -0.1) is 0 Å². The molecule has 0 aliphatic carbocycles. The first kappa shape index (κ1) is 48.7. The number of amides is 1. The number of cyclic esters (lactones) is 1.